The Bertz CT molecular complexity index is 615. The zero-order valence-electron chi connectivity index (χ0n) is 11.9. The largest absolute Gasteiger partial charge is 0.328 e. The van der Waals surface area contributed by atoms with Gasteiger partial charge in [0, 0.05) is 12.6 Å². The first-order valence-electron chi connectivity index (χ1n) is 6.59. The average Bonchev–Trinajstić information content (AvgIpc) is 2.78. The molecule has 0 bridgehead atoms. The van der Waals surface area contributed by atoms with Gasteiger partial charge in [0.25, 0.3) is 0 Å². The van der Waals surface area contributed by atoms with Crippen LogP contribution in [0.5, 0.6) is 0 Å². The van der Waals surface area contributed by atoms with Crippen LogP contribution in [0.4, 0.5) is 0 Å². The molecule has 0 aromatic carbocycles. The molecule has 1 N–H and O–H groups in total. The number of rotatable bonds is 4. The van der Waals surface area contributed by atoms with Crippen molar-refractivity contribution in [3.8, 4) is 0 Å². The van der Waals surface area contributed by atoms with Gasteiger partial charge >= 0.3 is 0 Å². The van der Waals surface area contributed by atoms with Gasteiger partial charge in [-0.2, -0.15) is 5.10 Å². The van der Waals surface area contributed by atoms with E-state index in [1.165, 1.54) is 0 Å². The summed E-state index contributed by atoms with van der Waals surface area (Å²) >= 11 is 5.49. The Morgan fingerprint density at radius 3 is 2.56 bits per heavy atom. The number of nitrogens with one attached hydrogen (secondary N) is 1. The van der Waals surface area contributed by atoms with Gasteiger partial charge < -0.3 is 4.98 Å². The summed E-state index contributed by atoms with van der Waals surface area (Å²) in [6.45, 7) is 8.77. The third-order valence-electron chi connectivity index (χ3n) is 3.69. The van der Waals surface area contributed by atoms with Gasteiger partial charge in [0.2, 0.25) is 0 Å². The summed E-state index contributed by atoms with van der Waals surface area (Å²) in [4.78, 5) is 3.34. The van der Waals surface area contributed by atoms with Gasteiger partial charge in [-0.15, -0.1) is 0 Å². The molecule has 2 aromatic heterocycles. The standard InChI is InChI=1S/C13H22N4S/c1-6-8-9-10-11(16(5)15-9)17(12(18)14-10)13(3,4)7-2/h6-8H2,1-5H3,(H,14,18). The predicted octanol–water partition coefficient (Wildman–Crippen LogP) is 3.53. The highest BCUT2D eigenvalue weighted by atomic mass is 32.1. The molecule has 4 nitrogen and oxygen atoms in total. The second kappa shape index (κ2) is 4.53. The highest BCUT2D eigenvalue weighted by Gasteiger charge is 2.24. The van der Waals surface area contributed by atoms with Crippen LogP contribution in [0.2, 0.25) is 0 Å². The number of aromatic nitrogens is 4. The number of fused-ring (bicyclic) bond motifs is 1. The van der Waals surface area contributed by atoms with E-state index in [4.69, 9.17) is 12.2 Å². The smallest absolute Gasteiger partial charge is 0.179 e. The van der Waals surface area contributed by atoms with Crippen molar-refractivity contribution in [2.45, 2.75) is 52.5 Å². The molecule has 0 saturated heterocycles. The number of H-pyrrole nitrogens is 1. The third kappa shape index (κ3) is 1.90. The number of aromatic amines is 1. The molecular formula is C13H22N4S. The van der Waals surface area contributed by atoms with Crippen molar-refractivity contribution in [1.82, 2.24) is 19.3 Å². The van der Waals surface area contributed by atoms with E-state index in [-0.39, 0.29) is 5.54 Å². The average molecular weight is 266 g/mol. The van der Waals surface area contributed by atoms with Crippen LogP contribution in [-0.4, -0.2) is 19.3 Å². The fourth-order valence-electron chi connectivity index (χ4n) is 2.34. The maximum Gasteiger partial charge on any atom is 0.179 e. The van der Waals surface area contributed by atoms with Crippen molar-refractivity contribution in [3.05, 3.63) is 10.5 Å². The van der Waals surface area contributed by atoms with Gasteiger partial charge in [-0.1, -0.05) is 20.3 Å². The summed E-state index contributed by atoms with van der Waals surface area (Å²) < 4.78 is 4.94. The Labute approximate surface area is 113 Å². The minimum atomic E-state index is 0.00656. The SMILES string of the molecule is CCCc1nn(C)c2c1[nH]c(=S)n2C(C)(C)CC. The lowest BCUT2D eigenvalue weighted by molar-refractivity contribution is 0.343. The zero-order chi connectivity index (χ0) is 13.5. The molecule has 0 amide bonds. The molecule has 0 aliphatic heterocycles. The molecule has 0 spiro atoms. The molecule has 0 fully saturated rings. The maximum absolute atomic E-state index is 5.49. The molecule has 18 heavy (non-hydrogen) atoms. The topological polar surface area (TPSA) is 38.5 Å². The molecule has 2 rings (SSSR count). The Hall–Kier alpha value is -1.10. The van der Waals surface area contributed by atoms with Crippen LogP contribution < -0.4 is 0 Å². The van der Waals surface area contributed by atoms with Crippen molar-refractivity contribution in [2.24, 2.45) is 7.05 Å². The third-order valence-corrected chi connectivity index (χ3v) is 3.98. The first-order chi connectivity index (χ1) is 8.42. The van der Waals surface area contributed by atoms with E-state index in [2.05, 4.69) is 42.3 Å². The summed E-state index contributed by atoms with van der Waals surface area (Å²) in [5.74, 6) is 0. The lowest BCUT2D eigenvalue weighted by atomic mass is 10.0. The van der Waals surface area contributed by atoms with Crippen molar-refractivity contribution in [3.63, 3.8) is 0 Å². The highest BCUT2D eigenvalue weighted by molar-refractivity contribution is 7.71. The van der Waals surface area contributed by atoms with E-state index >= 15 is 0 Å². The lowest BCUT2D eigenvalue weighted by Crippen LogP contribution is -2.26. The summed E-state index contributed by atoms with van der Waals surface area (Å²) in [6, 6.07) is 0. The van der Waals surface area contributed by atoms with Crippen LogP contribution in [0.25, 0.3) is 11.2 Å². The fraction of sp³-hybridized carbons (Fsp3) is 0.692. The summed E-state index contributed by atoms with van der Waals surface area (Å²) in [5, 5.41) is 4.61. The van der Waals surface area contributed by atoms with E-state index in [1.54, 1.807) is 0 Å². The highest BCUT2D eigenvalue weighted by Crippen LogP contribution is 2.27. The zero-order valence-corrected chi connectivity index (χ0v) is 12.7. The van der Waals surface area contributed by atoms with Gasteiger partial charge in [0.05, 0.1) is 5.69 Å². The molecule has 2 aromatic rings. The van der Waals surface area contributed by atoms with E-state index in [0.717, 1.165) is 40.9 Å². The van der Waals surface area contributed by atoms with E-state index < -0.39 is 0 Å². The maximum atomic E-state index is 5.49. The molecule has 0 saturated carbocycles. The van der Waals surface area contributed by atoms with Crippen LogP contribution in [0.1, 0.15) is 46.2 Å². The summed E-state index contributed by atoms with van der Waals surface area (Å²) in [6.07, 6.45) is 3.11. The molecule has 100 valence electrons. The Morgan fingerprint density at radius 2 is 2.00 bits per heavy atom. The first kappa shape index (κ1) is 13.3. The normalized spacial score (nSPS) is 12.5. The monoisotopic (exact) mass is 266 g/mol. The van der Waals surface area contributed by atoms with Crippen LogP contribution in [-0.2, 0) is 19.0 Å². The Balaban J connectivity index is 2.76. The van der Waals surface area contributed by atoms with Gasteiger partial charge in [-0.05, 0) is 38.9 Å². The second-order valence-corrected chi connectivity index (χ2v) is 5.84. The molecule has 0 aliphatic rings. The summed E-state index contributed by atoms with van der Waals surface area (Å²) in [5.41, 5.74) is 3.33. The van der Waals surface area contributed by atoms with Crippen molar-refractivity contribution < 1.29 is 0 Å². The van der Waals surface area contributed by atoms with Crippen molar-refractivity contribution >= 4 is 23.4 Å². The first-order valence-corrected chi connectivity index (χ1v) is 7.00. The Kier molecular flexibility index (Phi) is 3.36. The van der Waals surface area contributed by atoms with Crippen molar-refractivity contribution in [1.29, 1.82) is 0 Å². The van der Waals surface area contributed by atoms with E-state index in [9.17, 15) is 0 Å². The molecule has 0 radical (unpaired) electrons. The molecule has 0 unspecified atom stereocenters. The molecular weight excluding hydrogens is 244 g/mol. The number of nitrogens with zero attached hydrogens (tertiary/aromatic N) is 3. The van der Waals surface area contributed by atoms with Crippen LogP contribution in [0.15, 0.2) is 0 Å². The van der Waals surface area contributed by atoms with Gasteiger partial charge in [-0.25, -0.2) is 0 Å². The Morgan fingerprint density at radius 1 is 1.33 bits per heavy atom. The van der Waals surface area contributed by atoms with Crippen LogP contribution >= 0.6 is 12.2 Å². The van der Waals surface area contributed by atoms with E-state index in [0.29, 0.717) is 0 Å². The van der Waals surface area contributed by atoms with Gasteiger partial charge in [0.1, 0.15) is 5.52 Å². The number of aryl methyl sites for hydroxylation is 2. The fourth-order valence-corrected chi connectivity index (χ4v) is 2.78. The van der Waals surface area contributed by atoms with Gasteiger partial charge in [0.15, 0.2) is 10.4 Å². The van der Waals surface area contributed by atoms with Gasteiger partial charge in [-0.3, -0.25) is 9.25 Å². The minimum absolute atomic E-state index is 0.00656. The predicted molar refractivity (Wildman–Crippen MR) is 77.5 cm³/mol. The number of hydrogen-bond acceptors (Lipinski definition) is 2. The quantitative estimate of drug-likeness (QED) is 0.860. The second-order valence-electron chi connectivity index (χ2n) is 5.45. The number of imidazole rings is 1. The van der Waals surface area contributed by atoms with Crippen LogP contribution in [0.3, 0.4) is 0 Å². The van der Waals surface area contributed by atoms with E-state index in [1.807, 2.05) is 11.7 Å². The van der Waals surface area contributed by atoms with Crippen LogP contribution in [0, 0.1) is 4.77 Å². The molecule has 0 atom stereocenters. The molecule has 2 heterocycles. The van der Waals surface area contributed by atoms with Crippen molar-refractivity contribution in [2.75, 3.05) is 0 Å². The minimum Gasteiger partial charge on any atom is -0.328 e. The molecule has 5 heteroatoms. The lowest BCUT2D eigenvalue weighted by Gasteiger charge is -2.25. The molecule has 0 aliphatic carbocycles. The number of hydrogen-bond donors (Lipinski definition) is 1. The summed E-state index contributed by atoms with van der Waals surface area (Å²) in [7, 11) is 1.99.